The molecule has 0 radical (unpaired) electrons. The van der Waals surface area contributed by atoms with Gasteiger partial charge in [0, 0.05) is 19.7 Å². The summed E-state index contributed by atoms with van der Waals surface area (Å²) in [5.41, 5.74) is 0. The molecule has 0 amide bonds. The van der Waals surface area contributed by atoms with E-state index in [1.807, 2.05) is 0 Å². The van der Waals surface area contributed by atoms with Gasteiger partial charge in [-0.3, -0.25) is 0 Å². The zero-order chi connectivity index (χ0) is 10.2. The molecule has 2 atom stereocenters. The third-order valence-electron chi connectivity index (χ3n) is 2.76. The summed E-state index contributed by atoms with van der Waals surface area (Å²) in [7, 11) is -3.30. The fraction of sp³-hybridized carbons (Fsp3) is 1.00. The molecule has 2 saturated heterocycles. The number of sulfonamides is 1. The summed E-state index contributed by atoms with van der Waals surface area (Å²) >= 11 is 0. The van der Waals surface area contributed by atoms with Crippen LogP contribution >= 0.6 is 0 Å². The number of hydrogen-bond donors (Lipinski definition) is 0. The maximum Gasteiger partial charge on any atom is 0.219 e. The van der Waals surface area contributed by atoms with Crippen molar-refractivity contribution in [3.63, 3.8) is 0 Å². The number of halogens is 1. The van der Waals surface area contributed by atoms with Crippen molar-refractivity contribution in [2.75, 3.05) is 26.3 Å². The van der Waals surface area contributed by atoms with E-state index in [1.54, 1.807) is 0 Å². The van der Waals surface area contributed by atoms with Crippen LogP contribution in [0, 0.1) is 0 Å². The Hall–Kier alpha value is -0.200. The summed E-state index contributed by atoms with van der Waals surface area (Å²) in [6, 6.07) is 0. The highest BCUT2D eigenvalue weighted by Gasteiger charge is 2.38. The fourth-order valence-electron chi connectivity index (χ4n) is 1.88. The molecule has 82 valence electrons. The van der Waals surface area contributed by atoms with Crippen molar-refractivity contribution in [2.24, 2.45) is 0 Å². The Morgan fingerprint density at radius 1 is 1.36 bits per heavy atom. The summed E-state index contributed by atoms with van der Waals surface area (Å²) in [4.78, 5) is 0. The van der Waals surface area contributed by atoms with Gasteiger partial charge in [0.05, 0.1) is 6.61 Å². The average molecular weight is 223 g/mol. The van der Waals surface area contributed by atoms with Gasteiger partial charge in [0.1, 0.15) is 11.4 Å². The van der Waals surface area contributed by atoms with E-state index in [1.165, 1.54) is 4.31 Å². The van der Waals surface area contributed by atoms with E-state index in [-0.39, 0.29) is 13.2 Å². The number of ether oxygens (including phenoxy) is 1. The van der Waals surface area contributed by atoms with Crippen molar-refractivity contribution in [2.45, 2.75) is 24.3 Å². The smallest absolute Gasteiger partial charge is 0.219 e. The second-order valence-electron chi connectivity index (χ2n) is 3.77. The second-order valence-corrected chi connectivity index (χ2v) is 5.99. The van der Waals surface area contributed by atoms with Crippen LogP contribution in [0.3, 0.4) is 0 Å². The van der Waals surface area contributed by atoms with Crippen LogP contribution in [-0.4, -0.2) is 50.4 Å². The quantitative estimate of drug-likeness (QED) is 0.669. The molecule has 2 aliphatic heterocycles. The molecule has 0 saturated carbocycles. The summed E-state index contributed by atoms with van der Waals surface area (Å²) in [6.45, 7) is 1.10. The number of nitrogens with zero attached hydrogens (tertiary/aromatic N) is 1. The van der Waals surface area contributed by atoms with Gasteiger partial charge in [-0.05, 0) is 12.8 Å². The van der Waals surface area contributed by atoms with Gasteiger partial charge in [-0.25, -0.2) is 12.8 Å². The molecular formula is C8H14FNO3S. The van der Waals surface area contributed by atoms with Crippen molar-refractivity contribution >= 4 is 10.0 Å². The molecule has 6 heteroatoms. The van der Waals surface area contributed by atoms with Crippen molar-refractivity contribution < 1.29 is 17.5 Å². The Labute approximate surface area is 83.1 Å². The standard InChI is InChI=1S/C8H14FNO3S/c9-7-1-3-10(5-7)14(11,12)8-2-4-13-6-8/h7-8H,1-6H2/t7-,8+/m0/s1. The minimum Gasteiger partial charge on any atom is -0.380 e. The van der Waals surface area contributed by atoms with Crippen LogP contribution in [0.25, 0.3) is 0 Å². The summed E-state index contributed by atoms with van der Waals surface area (Å²) < 4.78 is 42.9. The first-order valence-corrected chi connectivity index (χ1v) is 6.32. The van der Waals surface area contributed by atoms with Gasteiger partial charge in [-0.2, -0.15) is 4.31 Å². The molecule has 2 rings (SSSR count). The van der Waals surface area contributed by atoms with Crippen LogP contribution in [-0.2, 0) is 14.8 Å². The van der Waals surface area contributed by atoms with Crippen LogP contribution in [0.2, 0.25) is 0 Å². The van der Waals surface area contributed by atoms with Gasteiger partial charge in [0.15, 0.2) is 0 Å². The Morgan fingerprint density at radius 3 is 2.64 bits per heavy atom. The molecule has 4 nitrogen and oxygen atoms in total. The molecular weight excluding hydrogens is 209 g/mol. The van der Waals surface area contributed by atoms with Gasteiger partial charge in [-0.15, -0.1) is 0 Å². The Kier molecular flexibility index (Phi) is 2.77. The van der Waals surface area contributed by atoms with E-state index < -0.39 is 21.4 Å². The maximum atomic E-state index is 12.9. The van der Waals surface area contributed by atoms with E-state index >= 15 is 0 Å². The third-order valence-corrected chi connectivity index (χ3v) is 5.03. The number of rotatable bonds is 2. The SMILES string of the molecule is O=S(=O)([C@@H]1CCOC1)N1CC[C@H](F)C1. The molecule has 2 fully saturated rings. The monoisotopic (exact) mass is 223 g/mol. The number of hydrogen-bond acceptors (Lipinski definition) is 3. The van der Waals surface area contributed by atoms with Gasteiger partial charge in [0.2, 0.25) is 10.0 Å². The average Bonchev–Trinajstić information content (AvgIpc) is 2.72. The summed E-state index contributed by atoms with van der Waals surface area (Å²) in [5, 5.41) is -0.451. The van der Waals surface area contributed by atoms with Crippen LogP contribution in [0.5, 0.6) is 0 Å². The molecule has 0 aromatic heterocycles. The molecule has 0 aliphatic carbocycles. The normalized spacial score (nSPS) is 35.2. The molecule has 0 bridgehead atoms. The lowest BCUT2D eigenvalue weighted by Crippen LogP contribution is -2.37. The lowest BCUT2D eigenvalue weighted by molar-refractivity contribution is 0.198. The lowest BCUT2D eigenvalue weighted by atomic mass is 10.4. The largest absolute Gasteiger partial charge is 0.380 e. The highest BCUT2D eigenvalue weighted by atomic mass is 32.2. The first kappa shape index (κ1) is 10.3. The van der Waals surface area contributed by atoms with Crippen molar-refractivity contribution in [1.29, 1.82) is 0 Å². The second kappa shape index (κ2) is 3.75. The van der Waals surface area contributed by atoms with Gasteiger partial charge in [-0.1, -0.05) is 0 Å². The van der Waals surface area contributed by atoms with Crippen molar-refractivity contribution in [1.82, 2.24) is 4.31 Å². The zero-order valence-electron chi connectivity index (χ0n) is 7.86. The van der Waals surface area contributed by atoms with Crippen LogP contribution < -0.4 is 0 Å². The maximum absolute atomic E-state index is 12.9. The third kappa shape index (κ3) is 1.78. The first-order chi connectivity index (χ1) is 6.60. The van der Waals surface area contributed by atoms with E-state index in [0.29, 0.717) is 26.0 Å². The highest BCUT2D eigenvalue weighted by Crippen LogP contribution is 2.23. The predicted molar refractivity (Wildman–Crippen MR) is 49.2 cm³/mol. The zero-order valence-corrected chi connectivity index (χ0v) is 8.67. The van der Waals surface area contributed by atoms with Crippen molar-refractivity contribution in [3.8, 4) is 0 Å². The molecule has 2 aliphatic rings. The Balaban J connectivity index is 2.07. The fourth-order valence-corrected chi connectivity index (χ4v) is 3.69. The van der Waals surface area contributed by atoms with E-state index in [4.69, 9.17) is 4.74 Å². The molecule has 0 spiro atoms. The molecule has 0 aromatic carbocycles. The minimum absolute atomic E-state index is 0.0266. The topological polar surface area (TPSA) is 46.6 Å². The van der Waals surface area contributed by atoms with Gasteiger partial charge < -0.3 is 4.74 Å². The lowest BCUT2D eigenvalue weighted by Gasteiger charge is -2.19. The Bertz CT molecular complexity index is 300. The predicted octanol–water partition coefficient (Wildman–Crippen LogP) is 0.149. The Morgan fingerprint density at radius 2 is 2.14 bits per heavy atom. The minimum atomic E-state index is -3.30. The molecule has 14 heavy (non-hydrogen) atoms. The molecule has 0 aromatic rings. The van der Waals surface area contributed by atoms with E-state index in [9.17, 15) is 12.8 Å². The van der Waals surface area contributed by atoms with E-state index in [0.717, 1.165) is 0 Å². The van der Waals surface area contributed by atoms with Crippen LogP contribution in [0.4, 0.5) is 4.39 Å². The first-order valence-electron chi connectivity index (χ1n) is 4.81. The van der Waals surface area contributed by atoms with Gasteiger partial charge >= 0.3 is 0 Å². The number of alkyl halides is 1. The summed E-state index contributed by atoms with van der Waals surface area (Å²) in [6.07, 6.45) is -0.130. The van der Waals surface area contributed by atoms with Crippen molar-refractivity contribution in [3.05, 3.63) is 0 Å². The highest BCUT2D eigenvalue weighted by molar-refractivity contribution is 7.89. The van der Waals surface area contributed by atoms with Crippen LogP contribution in [0.1, 0.15) is 12.8 Å². The van der Waals surface area contributed by atoms with E-state index in [2.05, 4.69) is 0 Å². The van der Waals surface area contributed by atoms with Crippen LogP contribution in [0.15, 0.2) is 0 Å². The molecule has 2 heterocycles. The molecule has 0 unspecified atom stereocenters. The van der Waals surface area contributed by atoms with Gasteiger partial charge in [0.25, 0.3) is 0 Å². The summed E-state index contributed by atoms with van der Waals surface area (Å²) in [5.74, 6) is 0. The molecule has 0 N–H and O–H groups in total.